The summed E-state index contributed by atoms with van der Waals surface area (Å²) in [5.41, 5.74) is 0.129. The van der Waals surface area contributed by atoms with Crippen LogP contribution in [0.2, 0.25) is 0 Å². The van der Waals surface area contributed by atoms with E-state index in [1.54, 1.807) is 7.11 Å². The normalized spacial score (nSPS) is 19.3. The predicted octanol–water partition coefficient (Wildman–Crippen LogP) is 1.81. The van der Waals surface area contributed by atoms with Gasteiger partial charge < -0.3 is 20.5 Å². The van der Waals surface area contributed by atoms with Gasteiger partial charge in [-0.05, 0) is 44.8 Å². The third-order valence-corrected chi connectivity index (χ3v) is 4.35. The van der Waals surface area contributed by atoms with Crippen molar-refractivity contribution in [3.8, 4) is 0 Å². The van der Waals surface area contributed by atoms with E-state index in [2.05, 4.69) is 10.6 Å². The highest BCUT2D eigenvalue weighted by Gasteiger charge is 2.40. The fourth-order valence-corrected chi connectivity index (χ4v) is 2.91. The highest BCUT2D eigenvalue weighted by Crippen LogP contribution is 2.24. The molecule has 0 aromatic heterocycles. The summed E-state index contributed by atoms with van der Waals surface area (Å²) in [6.45, 7) is 3.47. The minimum atomic E-state index is -0.739. The van der Waals surface area contributed by atoms with Crippen molar-refractivity contribution in [1.29, 1.82) is 0 Å². The standard InChI is InChI=1S/C17H26N2O3.ClH/c1-13(12-15(20)14-6-4-3-5-7-14)19-16(21)17(22-2)8-10-18-11-9-17;/h3-7,13,15,18,20H,8-12H2,1-2H3,(H,19,21);1H. The monoisotopic (exact) mass is 342 g/mol. The van der Waals surface area contributed by atoms with Crippen LogP contribution in [0.15, 0.2) is 30.3 Å². The van der Waals surface area contributed by atoms with Crippen molar-refractivity contribution in [2.45, 2.75) is 43.9 Å². The summed E-state index contributed by atoms with van der Waals surface area (Å²) in [5, 5.41) is 16.5. The Kier molecular flexibility index (Phi) is 7.99. The molecule has 6 heteroatoms. The number of benzene rings is 1. The number of rotatable bonds is 6. The van der Waals surface area contributed by atoms with Crippen molar-refractivity contribution in [1.82, 2.24) is 10.6 Å². The molecule has 0 saturated carbocycles. The molecule has 1 amide bonds. The Balaban J connectivity index is 0.00000264. The van der Waals surface area contributed by atoms with Crippen LogP contribution in [0, 0.1) is 0 Å². The molecule has 0 aliphatic carbocycles. The topological polar surface area (TPSA) is 70.6 Å². The smallest absolute Gasteiger partial charge is 0.252 e. The summed E-state index contributed by atoms with van der Waals surface area (Å²) in [4.78, 5) is 12.5. The van der Waals surface area contributed by atoms with Crippen molar-refractivity contribution >= 4 is 18.3 Å². The van der Waals surface area contributed by atoms with E-state index in [-0.39, 0.29) is 24.4 Å². The Hall–Kier alpha value is -1.14. The fourth-order valence-electron chi connectivity index (χ4n) is 2.91. The number of amides is 1. The quantitative estimate of drug-likeness (QED) is 0.737. The Morgan fingerprint density at radius 3 is 2.52 bits per heavy atom. The van der Waals surface area contributed by atoms with E-state index in [9.17, 15) is 9.90 Å². The van der Waals surface area contributed by atoms with Crippen LogP contribution in [0.4, 0.5) is 0 Å². The summed E-state index contributed by atoms with van der Waals surface area (Å²) in [6, 6.07) is 9.38. The van der Waals surface area contributed by atoms with Crippen molar-refractivity contribution in [3.05, 3.63) is 35.9 Å². The molecule has 1 saturated heterocycles. The Bertz CT molecular complexity index is 478. The number of hydrogen-bond acceptors (Lipinski definition) is 4. The molecule has 2 atom stereocenters. The van der Waals surface area contributed by atoms with E-state index < -0.39 is 11.7 Å². The molecule has 0 radical (unpaired) electrons. The average molecular weight is 343 g/mol. The van der Waals surface area contributed by atoms with Gasteiger partial charge >= 0.3 is 0 Å². The third kappa shape index (κ3) is 5.18. The summed E-state index contributed by atoms with van der Waals surface area (Å²) in [5.74, 6) is -0.0794. The van der Waals surface area contributed by atoms with E-state index in [4.69, 9.17) is 4.74 Å². The number of aliphatic hydroxyl groups excluding tert-OH is 1. The first-order chi connectivity index (χ1) is 10.6. The van der Waals surface area contributed by atoms with Crippen LogP contribution < -0.4 is 10.6 Å². The summed E-state index contributed by atoms with van der Waals surface area (Å²) < 4.78 is 5.52. The van der Waals surface area contributed by atoms with Gasteiger partial charge in [0.15, 0.2) is 0 Å². The van der Waals surface area contributed by atoms with Gasteiger partial charge in [-0.25, -0.2) is 0 Å². The number of aliphatic hydroxyl groups is 1. The molecule has 1 aliphatic rings. The molecule has 1 heterocycles. The van der Waals surface area contributed by atoms with Gasteiger partial charge in [0.05, 0.1) is 6.10 Å². The zero-order valence-corrected chi connectivity index (χ0v) is 14.6. The van der Waals surface area contributed by atoms with E-state index in [0.29, 0.717) is 19.3 Å². The van der Waals surface area contributed by atoms with E-state index in [0.717, 1.165) is 18.7 Å². The first-order valence-corrected chi connectivity index (χ1v) is 7.87. The van der Waals surface area contributed by atoms with Gasteiger partial charge in [0, 0.05) is 13.2 Å². The maximum atomic E-state index is 12.5. The molecule has 1 aromatic rings. The second-order valence-electron chi connectivity index (χ2n) is 5.99. The lowest BCUT2D eigenvalue weighted by Crippen LogP contribution is -2.55. The van der Waals surface area contributed by atoms with Gasteiger partial charge in [0.25, 0.3) is 5.91 Å². The predicted molar refractivity (Wildman–Crippen MR) is 92.7 cm³/mol. The first kappa shape index (κ1) is 19.9. The zero-order chi connectivity index (χ0) is 16.0. The van der Waals surface area contributed by atoms with Gasteiger partial charge in [-0.3, -0.25) is 4.79 Å². The Morgan fingerprint density at radius 1 is 1.35 bits per heavy atom. The summed E-state index contributed by atoms with van der Waals surface area (Å²) in [7, 11) is 1.59. The molecular formula is C17H27ClN2O3. The van der Waals surface area contributed by atoms with Gasteiger partial charge in [-0.15, -0.1) is 12.4 Å². The van der Waals surface area contributed by atoms with Gasteiger partial charge in [-0.1, -0.05) is 30.3 Å². The minimum absolute atomic E-state index is 0. The maximum Gasteiger partial charge on any atom is 0.252 e. The number of ether oxygens (including phenoxy) is 1. The molecule has 130 valence electrons. The molecule has 2 rings (SSSR count). The van der Waals surface area contributed by atoms with E-state index in [1.807, 2.05) is 37.3 Å². The lowest BCUT2D eigenvalue weighted by molar-refractivity contribution is -0.147. The number of halogens is 1. The number of methoxy groups -OCH3 is 1. The molecule has 0 bridgehead atoms. The van der Waals surface area contributed by atoms with Gasteiger partial charge in [0.1, 0.15) is 5.60 Å². The SMILES string of the molecule is COC1(C(=O)NC(C)CC(O)c2ccccc2)CCNCC1.Cl. The molecule has 3 N–H and O–H groups in total. The maximum absolute atomic E-state index is 12.5. The number of carbonyl (C=O) groups is 1. The highest BCUT2D eigenvalue weighted by atomic mass is 35.5. The van der Waals surface area contributed by atoms with Crippen molar-refractivity contribution < 1.29 is 14.6 Å². The molecule has 1 fully saturated rings. The Labute approximate surface area is 144 Å². The average Bonchev–Trinajstić information content (AvgIpc) is 2.56. The van der Waals surface area contributed by atoms with Crippen LogP contribution in [-0.4, -0.2) is 42.9 Å². The molecule has 2 unspecified atom stereocenters. The van der Waals surface area contributed by atoms with Crippen LogP contribution in [0.5, 0.6) is 0 Å². The van der Waals surface area contributed by atoms with Crippen LogP contribution in [0.1, 0.15) is 37.9 Å². The molecule has 1 aliphatic heterocycles. The van der Waals surface area contributed by atoms with Gasteiger partial charge in [-0.2, -0.15) is 0 Å². The van der Waals surface area contributed by atoms with Crippen LogP contribution in [0.3, 0.4) is 0 Å². The van der Waals surface area contributed by atoms with E-state index in [1.165, 1.54) is 0 Å². The molecule has 1 aromatic carbocycles. The number of carbonyl (C=O) groups excluding carboxylic acids is 1. The van der Waals surface area contributed by atoms with Crippen LogP contribution in [0.25, 0.3) is 0 Å². The van der Waals surface area contributed by atoms with Crippen molar-refractivity contribution in [2.75, 3.05) is 20.2 Å². The molecule has 0 spiro atoms. The van der Waals surface area contributed by atoms with Crippen LogP contribution in [-0.2, 0) is 9.53 Å². The third-order valence-electron chi connectivity index (χ3n) is 4.35. The van der Waals surface area contributed by atoms with Crippen LogP contribution >= 0.6 is 12.4 Å². The van der Waals surface area contributed by atoms with Crippen molar-refractivity contribution in [2.24, 2.45) is 0 Å². The summed E-state index contributed by atoms with van der Waals surface area (Å²) >= 11 is 0. The molecular weight excluding hydrogens is 316 g/mol. The highest BCUT2D eigenvalue weighted by molar-refractivity contribution is 5.85. The second kappa shape index (κ2) is 9.23. The van der Waals surface area contributed by atoms with E-state index >= 15 is 0 Å². The van der Waals surface area contributed by atoms with Crippen molar-refractivity contribution in [3.63, 3.8) is 0 Å². The first-order valence-electron chi connectivity index (χ1n) is 7.87. The largest absolute Gasteiger partial charge is 0.388 e. The lowest BCUT2D eigenvalue weighted by atomic mass is 9.90. The number of hydrogen-bond donors (Lipinski definition) is 3. The second-order valence-corrected chi connectivity index (χ2v) is 5.99. The fraction of sp³-hybridized carbons (Fsp3) is 0.588. The number of piperidine rings is 1. The van der Waals surface area contributed by atoms with Gasteiger partial charge in [0.2, 0.25) is 0 Å². The lowest BCUT2D eigenvalue weighted by Gasteiger charge is -2.35. The molecule has 5 nitrogen and oxygen atoms in total. The molecule has 23 heavy (non-hydrogen) atoms. The Morgan fingerprint density at radius 2 is 1.96 bits per heavy atom. The zero-order valence-electron chi connectivity index (χ0n) is 13.7. The summed E-state index contributed by atoms with van der Waals surface area (Å²) in [6.07, 6.45) is 1.24. The minimum Gasteiger partial charge on any atom is -0.388 e. The number of nitrogens with one attached hydrogen (secondary N) is 2.